The molecule has 1 rings (SSSR count). The number of aromatic nitrogens is 1. The Morgan fingerprint density at radius 3 is 2.44 bits per heavy atom. The van der Waals surface area contributed by atoms with E-state index >= 15 is 0 Å². The van der Waals surface area contributed by atoms with E-state index in [0.717, 1.165) is 0 Å². The Kier molecular flexibility index (Phi) is 3.97. The summed E-state index contributed by atoms with van der Waals surface area (Å²) in [5.74, 6) is 0.00938. The van der Waals surface area contributed by atoms with Crippen molar-refractivity contribution in [2.45, 2.75) is 25.6 Å². The van der Waals surface area contributed by atoms with Crippen molar-refractivity contribution in [3.8, 4) is 0 Å². The maximum atomic E-state index is 12.5. The molecule has 1 aromatic rings. The van der Waals surface area contributed by atoms with E-state index in [-0.39, 0.29) is 18.1 Å². The zero-order valence-corrected chi connectivity index (χ0v) is 10.5. The molecule has 4 N–H and O–H groups in total. The number of hydrogen-bond donors (Lipinski definition) is 3. The van der Waals surface area contributed by atoms with Gasteiger partial charge in [0.15, 0.2) is 5.82 Å². The van der Waals surface area contributed by atoms with E-state index in [1.54, 1.807) is 0 Å². The number of aliphatic hydroxyl groups is 1. The van der Waals surface area contributed by atoms with Gasteiger partial charge < -0.3 is 16.2 Å². The van der Waals surface area contributed by atoms with Crippen molar-refractivity contribution in [3.63, 3.8) is 0 Å². The van der Waals surface area contributed by atoms with E-state index < -0.39 is 22.5 Å². The standard InChI is InChI=1S/C10H13ClF3N3O/c1-9(2,18)4-16-8-6(15)3-5(7(11)17-8)10(12,13)14/h3,18H,4,15H2,1-2H3,(H,16,17). The van der Waals surface area contributed by atoms with Crippen molar-refractivity contribution in [2.75, 3.05) is 17.6 Å². The Labute approximate surface area is 107 Å². The predicted molar refractivity (Wildman–Crippen MR) is 63.4 cm³/mol. The number of halogens is 4. The second kappa shape index (κ2) is 4.81. The lowest BCUT2D eigenvalue weighted by molar-refractivity contribution is -0.137. The van der Waals surface area contributed by atoms with Gasteiger partial charge in [0.25, 0.3) is 0 Å². The molecule has 0 aliphatic carbocycles. The molecule has 0 spiro atoms. The first kappa shape index (κ1) is 14.8. The quantitative estimate of drug-likeness (QED) is 0.746. The molecule has 0 bridgehead atoms. The molecule has 4 nitrogen and oxygen atoms in total. The maximum Gasteiger partial charge on any atom is 0.419 e. The molecule has 0 aromatic carbocycles. The largest absolute Gasteiger partial charge is 0.419 e. The van der Waals surface area contributed by atoms with Gasteiger partial charge in [0.1, 0.15) is 5.15 Å². The van der Waals surface area contributed by atoms with Gasteiger partial charge in [-0.15, -0.1) is 0 Å². The van der Waals surface area contributed by atoms with E-state index in [2.05, 4.69) is 10.3 Å². The molecule has 1 aromatic heterocycles. The van der Waals surface area contributed by atoms with Gasteiger partial charge in [-0.05, 0) is 19.9 Å². The normalized spacial score (nSPS) is 12.6. The molecule has 0 aliphatic rings. The SMILES string of the molecule is CC(C)(O)CNc1nc(Cl)c(C(F)(F)F)cc1N. The van der Waals surface area contributed by atoms with Crippen molar-refractivity contribution < 1.29 is 18.3 Å². The lowest BCUT2D eigenvalue weighted by atomic mass is 10.1. The van der Waals surface area contributed by atoms with Crippen LogP contribution in [-0.4, -0.2) is 22.2 Å². The number of nitrogens with two attached hydrogens (primary N) is 1. The summed E-state index contributed by atoms with van der Waals surface area (Å²) in [6.07, 6.45) is -4.60. The van der Waals surface area contributed by atoms with Crippen molar-refractivity contribution in [1.29, 1.82) is 0 Å². The lowest BCUT2D eigenvalue weighted by Gasteiger charge is -2.19. The number of nitrogen functional groups attached to an aromatic ring is 1. The highest BCUT2D eigenvalue weighted by Crippen LogP contribution is 2.36. The van der Waals surface area contributed by atoms with Gasteiger partial charge in [-0.3, -0.25) is 0 Å². The number of rotatable bonds is 3. The summed E-state index contributed by atoms with van der Waals surface area (Å²) in [5, 5.41) is 11.4. The van der Waals surface area contributed by atoms with Crippen LogP contribution in [0.25, 0.3) is 0 Å². The van der Waals surface area contributed by atoms with Crippen LogP contribution in [0.1, 0.15) is 19.4 Å². The molecule has 102 valence electrons. The molecule has 0 atom stereocenters. The second-order valence-corrected chi connectivity index (χ2v) is 4.79. The highest BCUT2D eigenvalue weighted by Gasteiger charge is 2.34. The molecule has 18 heavy (non-hydrogen) atoms. The van der Waals surface area contributed by atoms with Crippen molar-refractivity contribution in [3.05, 3.63) is 16.8 Å². The number of alkyl halides is 3. The van der Waals surface area contributed by atoms with Gasteiger partial charge in [0, 0.05) is 6.54 Å². The molecule has 0 saturated heterocycles. The summed E-state index contributed by atoms with van der Waals surface area (Å²) >= 11 is 5.45. The zero-order chi connectivity index (χ0) is 14.1. The first-order valence-corrected chi connectivity index (χ1v) is 5.38. The van der Waals surface area contributed by atoms with Gasteiger partial charge in [0.05, 0.1) is 16.9 Å². The van der Waals surface area contributed by atoms with Crippen LogP contribution < -0.4 is 11.1 Å². The number of pyridine rings is 1. The molecule has 0 radical (unpaired) electrons. The summed E-state index contributed by atoms with van der Waals surface area (Å²) in [6.45, 7) is 3.13. The van der Waals surface area contributed by atoms with Crippen molar-refractivity contribution in [1.82, 2.24) is 4.98 Å². The van der Waals surface area contributed by atoms with Gasteiger partial charge in [0.2, 0.25) is 0 Å². The van der Waals surface area contributed by atoms with E-state index in [4.69, 9.17) is 17.3 Å². The van der Waals surface area contributed by atoms with Crippen LogP contribution in [0.4, 0.5) is 24.7 Å². The van der Waals surface area contributed by atoms with Crippen LogP contribution in [0.3, 0.4) is 0 Å². The number of nitrogens with zero attached hydrogens (tertiary/aromatic N) is 1. The molecule has 1 heterocycles. The minimum Gasteiger partial charge on any atom is -0.396 e. The van der Waals surface area contributed by atoms with Gasteiger partial charge in [-0.2, -0.15) is 13.2 Å². The average molecular weight is 284 g/mol. The summed E-state index contributed by atoms with van der Waals surface area (Å²) in [5.41, 5.74) is 3.13. The van der Waals surface area contributed by atoms with Gasteiger partial charge in [-0.1, -0.05) is 11.6 Å². The Hall–Kier alpha value is -1.21. The summed E-state index contributed by atoms with van der Waals surface area (Å²) in [6, 6.07) is 0.710. The fourth-order valence-electron chi connectivity index (χ4n) is 1.15. The molecule has 0 fully saturated rings. The molecular weight excluding hydrogens is 271 g/mol. The van der Waals surface area contributed by atoms with Crippen LogP contribution in [0, 0.1) is 0 Å². The number of anilines is 2. The van der Waals surface area contributed by atoms with E-state index in [1.807, 2.05) is 0 Å². The first-order valence-electron chi connectivity index (χ1n) is 5.00. The van der Waals surface area contributed by atoms with Crippen LogP contribution in [0.5, 0.6) is 0 Å². The Morgan fingerprint density at radius 2 is 2.00 bits per heavy atom. The topological polar surface area (TPSA) is 71.2 Å². The fraction of sp³-hybridized carbons (Fsp3) is 0.500. The number of nitrogens with one attached hydrogen (secondary N) is 1. The van der Waals surface area contributed by atoms with Crippen molar-refractivity contribution in [2.24, 2.45) is 0 Å². The van der Waals surface area contributed by atoms with Crippen molar-refractivity contribution >= 4 is 23.1 Å². The molecule has 8 heteroatoms. The van der Waals surface area contributed by atoms with Crippen LogP contribution >= 0.6 is 11.6 Å². The van der Waals surface area contributed by atoms with Crippen LogP contribution in [0.2, 0.25) is 5.15 Å². The molecule has 0 amide bonds. The van der Waals surface area contributed by atoms with E-state index in [0.29, 0.717) is 6.07 Å². The maximum absolute atomic E-state index is 12.5. The third-order valence-corrected chi connectivity index (χ3v) is 2.29. The minimum absolute atomic E-state index is 0.00938. The summed E-state index contributed by atoms with van der Waals surface area (Å²) in [4.78, 5) is 3.54. The lowest BCUT2D eigenvalue weighted by Crippen LogP contribution is -2.30. The molecular formula is C10H13ClF3N3O. The average Bonchev–Trinajstić information content (AvgIpc) is 2.15. The molecule has 0 unspecified atom stereocenters. The molecule has 0 aliphatic heterocycles. The first-order chi connectivity index (χ1) is 8.00. The Balaban J connectivity index is 3.01. The van der Waals surface area contributed by atoms with Crippen LogP contribution in [-0.2, 0) is 6.18 Å². The highest BCUT2D eigenvalue weighted by molar-refractivity contribution is 6.30. The molecule has 0 saturated carbocycles. The van der Waals surface area contributed by atoms with E-state index in [1.165, 1.54) is 13.8 Å². The third kappa shape index (κ3) is 3.92. The number of hydrogen-bond acceptors (Lipinski definition) is 4. The third-order valence-electron chi connectivity index (χ3n) is 2.00. The van der Waals surface area contributed by atoms with Gasteiger partial charge in [-0.25, -0.2) is 4.98 Å². The fourth-order valence-corrected chi connectivity index (χ4v) is 1.39. The second-order valence-electron chi connectivity index (χ2n) is 4.43. The Morgan fingerprint density at radius 1 is 1.44 bits per heavy atom. The minimum atomic E-state index is -4.60. The summed E-state index contributed by atoms with van der Waals surface area (Å²) in [7, 11) is 0. The Bertz CT molecular complexity index is 443. The van der Waals surface area contributed by atoms with E-state index in [9.17, 15) is 18.3 Å². The van der Waals surface area contributed by atoms with Crippen LogP contribution in [0.15, 0.2) is 6.07 Å². The highest BCUT2D eigenvalue weighted by atomic mass is 35.5. The predicted octanol–water partition coefficient (Wildman–Crippen LogP) is 2.52. The van der Waals surface area contributed by atoms with Gasteiger partial charge >= 0.3 is 6.18 Å². The summed E-state index contributed by atoms with van der Waals surface area (Å²) < 4.78 is 37.5. The zero-order valence-electron chi connectivity index (χ0n) is 9.77. The smallest absolute Gasteiger partial charge is 0.396 e. The monoisotopic (exact) mass is 283 g/mol.